The Morgan fingerprint density at radius 2 is 1.68 bits per heavy atom. The average Bonchev–Trinajstić information content (AvgIpc) is 2.33. The first-order valence-corrected chi connectivity index (χ1v) is 7.26. The van der Waals surface area contributed by atoms with E-state index >= 15 is 0 Å². The summed E-state index contributed by atoms with van der Waals surface area (Å²) in [6.45, 7) is 1.91. The number of rotatable bonds is 3. The fraction of sp³-hybridized carbons (Fsp3) is 0.143. The first-order chi connectivity index (χ1) is 8.97. The summed E-state index contributed by atoms with van der Waals surface area (Å²) in [6, 6.07) is 9.57. The Balaban J connectivity index is 2.24. The molecule has 1 nitrogen and oxygen atoms in total. The lowest BCUT2D eigenvalue weighted by Gasteiger charge is -2.10. The molecule has 0 spiro atoms. The van der Waals surface area contributed by atoms with Gasteiger partial charge in [0.1, 0.15) is 0 Å². The summed E-state index contributed by atoms with van der Waals surface area (Å²) in [6.07, 6.45) is 0. The minimum atomic E-state index is -0.837. The molecule has 1 atom stereocenters. The summed E-state index contributed by atoms with van der Waals surface area (Å²) in [7, 11) is 0. The molecule has 2 rings (SSSR count). The third-order valence-corrected chi connectivity index (χ3v) is 4.26. The molecule has 19 heavy (non-hydrogen) atoms. The van der Waals surface area contributed by atoms with Gasteiger partial charge in [-0.2, -0.15) is 0 Å². The normalized spacial score (nSPS) is 12.5. The zero-order valence-electron chi connectivity index (χ0n) is 10.2. The van der Waals surface area contributed by atoms with Crippen LogP contribution in [0.1, 0.15) is 18.5 Å². The van der Waals surface area contributed by atoms with Gasteiger partial charge in [0, 0.05) is 20.3 Å². The van der Waals surface area contributed by atoms with Crippen molar-refractivity contribution in [3.05, 3.63) is 58.1 Å². The van der Waals surface area contributed by atoms with Crippen LogP contribution in [0.15, 0.2) is 50.7 Å². The van der Waals surface area contributed by atoms with Crippen LogP contribution in [0.5, 0.6) is 0 Å². The zero-order valence-corrected chi connectivity index (χ0v) is 12.6. The van der Waals surface area contributed by atoms with Gasteiger partial charge in [0.2, 0.25) is 0 Å². The van der Waals surface area contributed by atoms with E-state index in [4.69, 9.17) is 5.73 Å². The molecule has 0 saturated carbocycles. The molecule has 0 aliphatic heterocycles. The Morgan fingerprint density at radius 1 is 1.05 bits per heavy atom. The SMILES string of the molecule is C[C@@H](N)c1ccc(Sc2ccc(F)c(F)c2)cc1Br. The van der Waals surface area contributed by atoms with Gasteiger partial charge in [-0.1, -0.05) is 33.8 Å². The molecule has 0 fully saturated rings. The monoisotopic (exact) mass is 343 g/mol. The molecule has 2 N–H and O–H groups in total. The van der Waals surface area contributed by atoms with Gasteiger partial charge in [0.05, 0.1) is 0 Å². The molecule has 0 radical (unpaired) electrons. The van der Waals surface area contributed by atoms with Crippen molar-refractivity contribution in [3.8, 4) is 0 Å². The van der Waals surface area contributed by atoms with Crippen LogP contribution < -0.4 is 5.73 Å². The van der Waals surface area contributed by atoms with E-state index in [-0.39, 0.29) is 6.04 Å². The molecule has 0 aliphatic carbocycles. The number of benzene rings is 2. The topological polar surface area (TPSA) is 26.0 Å². The highest BCUT2D eigenvalue weighted by molar-refractivity contribution is 9.10. The maximum Gasteiger partial charge on any atom is 0.159 e. The standard InChI is InChI=1S/C14H12BrF2NS/c1-8(18)11-4-2-9(6-12(11)15)19-10-3-5-13(16)14(17)7-10/h2-8H,18H2,1H3/t8-/m1/s1. The Morgan fingerprint density at radius 3 is 2.26 bits per heavy atom. The number of nitrogens with two attached hydrogens (primary N) is 1. The van der Waals surface area contributed by atoms with Gasteiger partial charge in [0.15, 0.2) is 11.6 Å². The molecule has 2 aromatic carbocycles. The summed E-state index contributed by atoms with van der Waals surface area (Å²) >= 11 is 4.83. The van der Waals surface area contributed by atoms with Crippen molar-refractivity contribution in [1.29, 1.82) is 0 Å². The zero-order chi connectivity index (χ0) is 14.0. The third-order valence-electron chi connectivity index (χ3n) is 2.59. The quantitative estimate of drug-likeness (QED) is 0.857. The van der Waals surface area contributed by atoms with Gasteiger partial charge in [-0.25, -0.2) is 8.78 Å². The maximum atomic E-state index is 13.1. The van der Waals surface area contributed by atoms with Crippen molar-refractivity contribution < 1.29 is 8.78 Å². The molecular formula is C14H12BrF2NS. The highest BCUT2D eigenvalue weighted by Gasteiger charge is 2.08. The van der Waals surface area contributed by atoms with Crippen LogP contribution in [-0.2, 0) is 0 Å². The molecule has 0 saturated heterocycles. The van der Waals surface area contributed by atoms with Crippen LogP contribution in [0.25, 0.3) is 0 Å². The van der Waals surface area contributed by atoms with Gasteiger partial charge >= 0.3 is 0 Å². The van der Waals surface area contributed by atoms with Crippen LogP contribution in [0, 0.1) is 11.6 Å². The summed E-state index contributed by atoms with van der Waals surface area (Å²) in [5.74, 6) is -1.67. The Kier molecular flexibility index (Phi) is 4.60. The van der Waals surface area contributed by atoms with E-state index in [9.17, 15) is 8.78 Å². The van der Waals surface area contributed by atoms with Crippen molar-refractivity contribution in [2.45, 2.75) is 22.8 Å². The maximum absolute atomic E-state index is 13.1. The second kappa shape index (κ2) is 6.03. The molecular weight excluding hydrogens is 332 g/mol. The second-order valence-corrected chi connectivity index (χ2v) is 6.15. The fourth-order valence-corrected chi connectivity index (χ4v) is 3.39. The highest BCUT2D eigenvalue weighted by atomic mass is 79.9. The van der Waals surface area contributed by atoms with E-state index in [1.165, 1.54) is 17.8 Å². The third kappa shape index (κ3) is 3.55. The predicted octanol–water partition coefficient (Wildman–Crippen LogP) is 4.90. The van der Waals surface area contributed by atoms with E-state index < -0.39 is 11.6 Å². The van der Waals surface area contributed by atoms with Gasteiger partial charge in [-0.3, -0.25) is 0 Å². The van der Waals surface area contributed by atoms with Crippen LogP contribution in [-0.4, -0.2) is 0 Å². The van der Waals surface area contributed by atoms with Gasteiger partial charge in [-0.15, -0.1) is 0 Å². The van der Waals surface area contributed by atoms with E-state index in [1.807, 2.05) is 25.1 Å². The van der Waals surface area contributed by atoms with Crippen LogP contribution >= 0.6 is 27.7 Å². The minimum absolute atomic E-state index is 0.0586. The second-order valence-electron chi connectivity index (χ2n) is 4.15. The minimum Gasteiger partial charge on any atom is -0.324 e. The largest absolute Gasteiger partial charge is 0.324 e. The average molecular weight is 344 g/mol. The van der Waals surface area contributed by atoms with Gasteiger partial charge in [0.25, 0.3) is 0 Å². The molecule has 2 aromatic rings. The lowest BCUT2D eigenvalue weighted by Crippen LogP contribution is -2.05. The van der Waals surface area contributed by atoms with Crippen molar-refractivity contribution >= 4 is 27.7 Å². The van der Waals surface area contributed by atoms with Gasteiger partial charge < -0.3 is 5.73 Å². The lowest BCUT2D eigenvalue weighted by molar-refractivity contribution is 0.506. The molecule has 0 aliphatic rings. The summed E-state index contributed by atoms with van der Waals surface area (Å²) in [5.41, 5.74) is 6.83. The number of halogens is 3. The Labute approximate surface area is 123 Å². The fourth-order valence-electron chi connectivity index (χ4n) is 1.62. The molecule has 5 heteroatoms. The van der Waals surface area contributed by atoms with Crippen LogP contribution in [0.4, 0.5) is 8.78 Å². The summed E-state index contributed by atoms with van der Waals surface area (Å²) < 4.78 is 26.9. The molecule has 0 aromatic heterocycles. The van der Waals surface area contributed by atoms with E-state index in [0.717, 1.165) is 21.0 Å². The van der Waals surface area contributed by atoms with E-state index in [1.54, 1.807) is 6.07 Å². The smallest absolute Gasteiger partial charge is 0.159 e. The summed E-state index contributed by atoms with van der Waals surface area (Å²) in [5, 5.41) is 0. The predicted molar refractivity (Wildman–Crippen MR) is 77.2 cm³/mol. The van der Waals surface area contributed by atoms with Crippen molar-refractivity contribution in [2.75, 3.05) is 0 Å². The van der Waals surface area contributed by atoms with Crippen molar-refractivity contribution in [1.82, 2.24) is 0 Å². The van der Waals surface area contributed by atoms with E-state index in [2.05, 4.69) is 15.9 Å². The van der Waals surface area contributed by atoms with Gasteiger partial charge in [-0.05, 0) is 42.8 Å². The molecule has 0 amide bonds. The number of hydrogen-bond acceptors (Lipinski definition) is 2. The molecule has 0 heterocycles. The lowest BCUT2D eigenvalue weighted by atomic mass is 10.1. The summed E-state index contributed by atoms with van der Waals surface area (Å²) in [4.78, 5) is 1.58. The Hall–Kier alpha value is -0.910. The van der Waals surface area contributed by atoms with Crippen LogP contribution in [0.3, 0.4) is 0 Å². The molecule has 0 unspecified atom stereocenters. The van der Waals surface area contributed by atoms with Crippen molar-refractivity contribution in [3.63, 3.8) is 0 Å². The Bertz CT molecular complexity index is 602. The molecule has 0 bridgehead atoms. The van der Waals surface area contributed by atoms with Crippen LogP contribution in [0.2, 0.25) is 0 Å². The first-order valence-electron chi connectivity index (χ1n) is 5.65. The number of hydrogen-bond donors (Lipinski definition) is 1. The first kappa shape index (κ1) is 14.5. The van der Waals surface area contributed by atoms with E-state index in [0.29, 0.717) is 4.90 Å². The molecule has 100 valence electrons. The highest BCUT2D eigenvalue weighted by Crippen LogP contribution is 2.33. The van der Waals surface area contributed by atoms with Crippen molar-refractivity contribution in [2.24, 2.45) is 5.73 Å².